The van der Waals surface area contributed by atoms with E-state index in [0.29, 0.717) is 18.9 Å². The number of hydrogen-bond acceptors (Lipinski definition) is 6. The maximum absolute atomic E-state index is 12.5. The largest absolute Gasteiger partial charge is 0.388 e. The lowest BCUT2D eigenvalue weighted by Gasteiger charge is -2.41. The highest BCUT2D eigenvalue weighted by Gasteiger charge is 2.48. The van der Waals surface area contributed by atoms with Crippen LogP contribution in [0.15, 0.2) is 35.3 Å². The van der Waals surface area contributed by atoms with E-state index in [2.05, 4.69) is 4.99 Å². The third-order valence-electron chi connectivity index (χ3n) is 4.96. The van der Waals surface area contributed by atoms with Gasteiger partial charge >= 0.3 is 0 Å². The second-order valence-electron chi connectivity index (χ2n) is 7.06. The third kappa shape index (κ3) is 4.36. The molecule has 0 radical (unpaired) electrons. The summed E-state index contributed by atoms with van der Waals surface area (Å²) in [7, 11) is 3.57. The van der Waals surface area contributed by atoms with Crippen molar-refractivity contribution >= 4 is 11.7 Å². The summed E-state index contributed by atoms with van der Waals surface area (Å²) in [5, 5.41) is 10.6. The lowest BCUT2D eigenvalue weighted by Crippen LogP contribution is -2.63. The Balaban J connectivity index is 1.76. The number of benzene rings is 1. The summed E-state index contributed by atoms with van der Waals surface area (Å²) < 4.78 is 17.7. The second kappa shape index (κ2) is 8.45. The summed E-state index contributed by atoms with van der Waals surface area (Å²) in [4.78, 5) is 18.2. The highest BCUT2D eigenvalue weighted by Crippen LogP contribution is 2.33. The van der Waals surface area contributed by atoms with Gasteiger partial charge in [-0.05, 0) is 13.3 Å². The molecule has 3 rings (SSSR count). The molecule has 2 aliphatic rings. The molecule has 27 heavy (non-hydrogen) atoms. The number of hydrogen-bond donors (Lipinski definition) is 2. The fourth-order valence-electron chi connectivity index (χ4n) is 3.19. The average molecular weight is 377 g/mol. The Labute approximate surface area is 158 Å². The van der Waals surface area contributed by atoms with Crippen LogP contribution in [0.1, 0.15) is 25.2 Å². The van der Waals surface area contributed by atoms with E-state index >= 15 is 0 Å². The van der Waals surface area contributed by atoms with Crippen molar-refractivity contribution in [3.05, 3.63) is 35.9 Å². The van der Waals surface area contributed by atoms with Crippen molar-refractivity contribution in [1.29, 1.82) is 0 Å². The average Bonchev–Trinajstić information content (AvgIpc) is 2.87. The van der Waals surface area contributed by atoms with Crippen molar-refractivity contribution in [2.24, 2.45) is 10.7 Å². The first-order chi connectivity index (χ1) is 12.9. The lowest BCUT2D eigenvalue weighted by molar-refractivity contribution is -0.224. The van der Waals surface area contributed by atoms with Crippen LogP contribution in [0.2, 0.25) is 0 Å². The maximum atomic E-state index is 12.5. The Morgan fingerprint density at radius 2 is 1.96 bits per heavy atom. The molecule has 2 aliphatic heterocycles. The summed E-state index contributed by atoms with van der Waals surface area (Å²) in [6.07, 6.45) is -3.46. The number of amidine groups is 1. The number of aliphatic hydroxyl groups excluding tert-OH is 1. The molecule has 1 aromatic carbocycles. The van der Waals surface area contributed by atoms with Crippen LogP contribution in [-0.4, -0.2) is 72.9 Å². The molecule has 0 unspecified atom stereocenters. The van der Waals surface area contributed by atoms with Gasteiger partial charge in [0.15, 0.2) is 12.4 Å². The second-order valence-corrected chi connectivity index (χ2v) is 7.06. The first kappa shape index (κ1) is 19.9. The van der Waals surface area contributed by atoms with Gasteiger partial charge in [-0.25, -0.2) is 0 Å². The number of amides is 1. The number of aliphatic imine (C=N–C) groups is 1. The maximum Gasteiger partial charge on any atom is 0.279 e. The van der Waals surface area contributed by atoms with Crippen molar-refractivity contribution < 1.29 is 24.1 Å². The summed E-state index contributed by atoms with van der Waals surface area (Å²) in [6, 6.07) is 8.73. The van der Waals surface area contributed by atoms with Crippen LogP contribution < -0.4 is 5.73 Å². The molecule has 6 atom stereocenters. The molecular formula is C19H27N3O5. The molecule has 0 bridgehead atoms. The van der Waals surface area contributed by atoms with Crippen LogP contribution in [0.5, 0.6) is 0 Å². The van der Waals surface area contributed by atoms with E-state index in [0.717, 1.165) is 5.56 Å². The zero-order valence-electron chi connectivity index (χ0n) is 15.8. The Hall–Kier alpha value is -1.84. The minimum Gasteiger partial charge on any atom is -0.388 e. The van der Waals surface area contributed by atoms with E-state index in [1.54, 1.807) is 25.9 Å². The predicted molar refractivity (Wildman–Crippen MR) is 99.1 cm³/mol. The van der Waals surface area contributed by atoms with E-state index < -0.39 is 42.7 Å². The van der Waals surface area contributed by atoms with E-state index in [9.17, 15) is 9.90 Å². The Morgan fingerprint density at radius 1 is 1.26 bits per heavy atom. The molecule has 3 N–H and O–H groups in total. The van der Waals surface area contributed by atoms with Crippen LogP contribution in [0.25, 0.3) is 0 Å². The van der Waals surface area contributed by atoms with Crippen LogP contribution in [-0.2, 0) is 19.0 Å². The monoisotopic (exact) mass is 377 g/mol. The number of fused-ring (bicyclic) bond motifs is 1. The molecule has 0 spiro atoms. The summed E-state index contributed by atoms with van der Waals surface area (Å²) >= 11 is 0. The molecular weight excluding hydrogens is 350 g/mol. The first-order valence-corrected chi connectivity index (χ1v) is 9.06. The van der Waals surface area contributed by atoms with Crippen molar-refractivity contribution in [2.75, 3.05) is 20.7 Å². The molecule has 0 saturated carbocycles. The molecule has 2 heterocycles. The molecule has 2 saturated heterocycles. The minimum atomic E-state index is -1.22. The van der Waals surface area contributed by atoms with E-state index in [4.69, 9.17) is 19.9 Å². The zero-order valence-corrected chi connectivity index (χ0v) is 15.8. The first-order valence-electron chi connectivity index (χ1n) is 9.06. The Morgan fingerprint density at radius 3 is 2.63 bits per heavy atom. The number of carbonyl (C=O) groups excluding carboxylic acids is 1. The summed E-state index contributed by atoms with van der Waals surface area (Å²) in [6.45, 7) is 2.10. The van der Waals surface area contributed by atoms with Gasteiger partial charge in [0.25, 0.3) is 5.91 Å². The highest BCUT2D eigenvalue weighted by atomic mass is 16.7. The molecule has 2 fully saturated rings. The van der Waals surface area contributed by atoms with Crippen LogP contribution in [0.4, 0.5) is 0 Å². The van der Waals surface area contributed by atoms with Crippen LogP contribution in [0, 0.1) is 0 Å². The quantitative estimate of drug-likeness (QED) is 0.569. The molecule has 1 aromatic rings. The van der Waals surface area contributed by atoms with Gasteiger partial charge in [-0.1, -0.05) is 30.3 Å². The number of rotatable bonds is 2. The molecule has 8 heteroatoms. The van der Waals surface area contributed by atoms with Gasteiger partial charge in [0.05, 0.1) is 18.8 Å². The normalized spacial score (nSPS) is 34.5. The summed E-state index contributed by atoms with van der Waals surface area (Å²) in [5.74, 6) is -0.0246. The topological polar surface area (TPSA) is 107 Å². The van der Waals surface area contributed by atoms with Gasteiger partial charge in [-0.2, -0.15) is 4.99 Å². The number of carbonyl (C=O) groups is 1. The lowest BCUT2D eigenvalue weighted by atomic mass is 9.91. The van der Waals surface area contributed by atoms with Gasteiger partial charge in [0.2, 0.25) is 0 Å². The number of ether oxygens (including phenoxy) is 3. The van der Waals surface area contributed by atoms with Gasteiger partial charge < -0.3 is 30.0 Å². The van der Waals surface area contributed by atoms with Crippen molar-refractivity contribution in [3.8, 4) is 0 Å². The number of nitrogens with two attached hydrogens (primary N) is 1. The Bertz CT molecular complexity index is 681. The molecule has 148 valence electrons. The smallest absolute Gasteiger partial charge is 0.279 e. The van der Waals surface area contributed by atoms with Crippen molar-refractivity contribution in [3.63, 3.8) is 0 Å². The fourth-order valence-corrected chi connectivity index (χ4v) is 3.19. The van der Waals surface area contributed by atoms with Crippen molar-refractivity contribution in [1.82, 2.24) is 4.90 Å². The zero-order chi connectivity index (χ0) is 19.6. The summed E-state index contributed by atoms with van der Waals surface area (Å²) in [5.41, 5.74) is 7.10. The minimum absolute atomic E-state index is 0.393. The standard InChI is InChI=1S/C19H27N3O5/c1-11(22(2)3)21-18(24)17-15(23)14(20)16-13(26-17)9-10-25-19(27-16)12-7-5-4-6-8-12/h4-8,13-17,19,23H,9-10,20H2,1-3H3/b21-11+/t13-,14-,15-,16+,17-,19+/m1/s1. The fraction of sp³-hybridized carbons (Fsp3) is 0.579. The van der Waals surface area contributed by atoms with Crippen LogP contribution in [0.3, 0.4) is 0 Å². The predicted octanol–water partition coefficient (Wildman–Crippen LogP) is 0.453. The van der Waals surface area contributed by atoms with Gasteiger partial charge in [0.1, 0.15) is 18.0 Å². The molecule has 8 nitrogen and oxygen atoms in total. The molecule has 0 aromatic heterocycles. The molecule has 1 amide bonds. The van der Waals surface area contributed by atoms with E-state index in [1.165, 1.54) is 0 Å². The SMILES string of the molecule is C/C(=N\C(=O)[C@@H]1O[C@@H]2CCO[C@H](c3ccccc3)O[C@@H]2[C@H](N)[C@H]1O)N(C)C. The number of aliphatic hydroxyl groups is 1. The highest BCUT2D eigenvalue weighted by molar-refractivity contribution is 5.95. The number of nitrogens with zero attached hydrogens (tertiary/aromatic N) is 2. The van der Waals surface area contributed by atoms with Crippen molar-refractivity contribution in [2.45, 2.75) is 50.1 Å². The molecule has 0 aliphatic carbocycles. The Kier molecular flexibility index (Phi) is 6.23. The van der Waals surface area contributed by atoms with Gasteiger partial charge in [0, 0.05) is 19.7 Å². The van der Waals surface area contributed by atoms with Crippen LogP contribution >= 0.6 is 0 Å². The van der Waals surface area contributed by atoms with Gasteiger partial charge in [-0.15, -0.1) is 0 Å². The van der Waals surface area contributed by atoms with E-state index in [1.807, 2.05) is 30.3 Å². The third-order valence-corrected chi connectivity index (χ3v) is 4.96. The van der Waals surface area contributed by atoms with Gasteiger partial charge in [-0.3, -0.25) is 4.79 Å². The van der Waals surface area contributed by atoms with E-state index in [-0.39, 0.29) is 0 Å².